The first-order valence-corrected chi connectivity index (χ1v) is 4.88. The molecule has 0 amide bonds. The second kappa shape index (κ2) is 3.89. The van der Waals surface area contributed by atoms with E-state index in [1.165, 1.54) is 13.0 Å². The van der Waals surface area contributed by atoms with Crippen LogP contribution in [0.5, 0.6) is 0 Å². The van der Waals surface area contributed by atoms with Crippen molar-refractivity contribution in [2.24, 2.45) is 0 Å². The number of aromatic nitrogens is 1. The Morgan fingerprint density at radius 3 is 2.88 bits per heavy atom. The van der Waals surface area contributed by atoms with Gasteiger partial charge in [-0.15, -0.1) is 0 Å². The molecule has 0 saturated carbocycles. The standard InChI is InChI=1S/C12H10FNO2/c1-7(15)5-9-6-8-3-2-4-10(13)11(8)14-12(9)16/h2-4,6H,5H2,1H3,(H,14,16). The summed E-state index contributed by atoms with van der Waals surface area (Å²) >= 11 is 0. The van der Waals surface area contributed by atoms with Gasteiger partial charge in [0.1, 0.15) is 11.6 Å². The van der Waals surface area contributed by atoms with Gasteiger partial charge >= 0.3 is 0 Å². The fourth-order valence-corrected chi connectivity index (χ4v) is 1.64. The summed E-state index contributed by atoms with van der Waals surface area (Å²) in [7, 11) is 0. The predicted octanol–water partition coefficient (Wildman–Crippen LogP) is 1.80. The number of nitrogens with one attached hydrogen (secondary N) is 1. The average Bonchev–Trinajstić information content (AvgIpc) is 2.20. The molecule has 2 rings (SSSR count). The van der Waals surface area contributed by atoms with Gasteiger partial charge in [0, 0.05) is 17.4 Å². The topological polar surface area (TPSA) is 49.9 Å². The molecule has 0 aliphatic rings. The zero-order chi connectivity index (χ0) is 11.7. The average molecular weight is 219 g/mol. The molecule has 4 heteroatoms. The summed E-state index contributed by atoms with van der Waals surface area (Å²) < 4.78 is 13.3. The van der Waals surface area contributed by atoms with E-state index < -0.39 is 11.4 Å². The van der Waals surface area contributed by atoms with Gasteiger partial charge in [-0.1, -0.05) is 12.1 Å². The van der Waals surface area contributed by atoms with Crippen LogP contribution in [0.15, 0.2) is 29.1 Å². The Balaban J connectivity index is 2.68. The number of halogens is 1. The van der Waals surface area contributed by atoms with Crippen LogP contribution in [0.1, 0.15) is 12.5 Å². The second-order valence-corrected chi connectivity index (χ2v) is 3.71. The summed E-state index contributed by atoms with van der Waals surface area (Å²) in [5.41, 5.74) is 0.137. The van der Waals surface area contributed by atoms with Gasteiger partial charge in [0.25, 0.3) is 5.56 Å². The van der Waals surface area contributed by atoms with Gasteiger partial charge in [-0.25, -0.2) is 4.39 Å². The summed E-state index contributed by atoms with van der Waals surface area (Å²) in [6.45, 7) is 1.41. The third-order valence-electron chi connectivity index (χ3n) is 2.35. The molecule has 0 fully saturated rings. The first-order chi connectivity index (χ1) is 7.58. The minimum atomic E-state index is -0.469. The predicted molar refractivity (Wildman–Crippen MR) is 58.9 cm³/mol. The molecule has 0 unspecified atom stereocenters. The number of para-hydroxylation sites is 1. The fourth-order valence-electron chi connectivity index (χ4n) is 1.64. The zero-order valence-electron chi connectivity index (χ0n) is 8.71. The van der Waals surface area contributed by atoms with Crippen molar-refractivity contribution in [2.45, 2.75) is 13.3 Å². The summed E-state index contributed by atoms with van der Waals surface area (Å²) in [4.78, 5) is 24.9. The number of aromatic amines is 1. The van der Waals surface area contributed by atoms with E-state index in [0.717, 1.165) is 0 Å². The number of rotatable bonds is 2. The number of carbonyl (C=O) groups is 1. The van der Waals surface area contributed by atoms with Crippen molar-refractivity contribution in [1.29, 1.82) is 0 Å². The van der Waals surface area contributed by atoms with Crippen molar-refractivity contribution >= 4 is 16.7 Å². The highest BCUT2D eigenvalue weighted by Crippen LogP contribution is 2.14. The highest BCUT2D eigenvalue weighted by atomic mass is 19.1. The van der Waals surface area contributed by atoms with Gasteiger partial charge in [-0.05, 0) is 19.1 Å². The number of pyridine rings is 1. The Labute approximate surface area is 90.9 Å². The van der Waals surface area contributed by atoms with Crippen molar-refractivity contribution in [3.05, 3.63) is 46.0 Å². The van der Waals surface area contributed by atoms with Crippen molar-refractivity contribution in [2.75, 3.05) is 0 Å². The Morgan fingerprint density at radius 1 is 1.44 bits per heavy atom. The normalized spacial score (nSPS) is 10.6. The van der Waals surface area contributed by atoms with Crippen molar-refractivity contribution in [3.63, 3.8) is 0 Å². The summed E-state index contributed by atoms with van der Waals surface area (Å²) in [5.74, 6) is -0.565. The number of ketones is 1. The molecule has 0 spiro atoms. The lowest BCUT2D eigenvalue weighted by Crippen LogP contribution is -2.15. The molecule has 16 heavy (non-hydrogen) atoms. The number of hydrogen-bond donors (Lipinski definition) is 1. The molecule has 0 bridgehead atoms. The number of H-pyrrole nitrogens is 1. The molecule has 82 valence electrons. The van der Waals surface area contributed by atoms with E-state index in [0.29, 0.717) is 10.9 Å². The molecule has 1 aromatic heterocycles. The summed E-state index contributed by atoms with van der Waals surface area (Å²) in [6.07, 6.45) is 0.0712. The third kappa shape index (κ3) is 1.86. The van der Waals surface area contributed by atoms with Gasteiger partial charge in [0.2, 0.25) is 0 Å². The molecule has 0 saturated heterocycles. The lowest BCUT2D eigenvalue weighted by atomic mass is 10.1. The fraction of sp³-hybridized carbons (Fsp3) is 0.167. The molecule has 2 aromatic rings. The number of fused-ring (bicyclic) bond motifs is 1. The van der Waals surface area contributed by atoms with Crippen LogP contribution < -0.4 is 5.56 Å². The second-order valence-electron chi connectivity index (χ2n) is 3.71. The van der Waals surface area contributed by atoms with Crippen molar-refractivity contribution in [1.82, 2.24) is 4.98 Å². The van der Waals surface area contributed by atoms with Gasteiger partial charge < -0.3 is 4.98 Å². The smallest absolute Gasteiger partial charge is 0.252 e. The highest BCUT2D eigenvalue weighted by Gasteiger charge is 2.07. The van der Waals surface area contributed by atoms with Crippen LogP contribution in [0.3, 0.4) is 0 Å². The van der Waals surface area contributed by atoms with Gasteiger partial charge in [0.15, 0.2) is 0 Å². The van der Waals surface area contributed by atoms with Crippen LogP contribution >= 0.6 is 0 Å². The number of Topliss-reactive ketones (excluding diaryl/α,β-unsaturated/α-hetero) is 1. The van der Waals surface area contributed by atoms with Crippen LogP contribution in [0.2, 0.25) is 0 Å². The molecule has 1 heterocycles. The lowest BCUT2D eigenvalue weighted by molar-refractivity contribution is -0.116. The Bertz CT molecular complexity index is 616. The molecule has 0 atom stereocenters. The molecular formula is C12H10FNO2. The summed E-state index contributed by atoms with van der Waals surface area (Å²) in [5, 5.41) is 0.593. The monoisotopic (exact) mass is 219 g/mol. The van der Waals surface area contributed by atoms with E-state index in [1.807, 2.05) is 0 Å². The van der Waals surface area contributed by atoms with E-state index in [-0.39, 0.29) is 17.7 Å². The van der Waals surface area contributed by atoms with Crippen LogP contribution in [0.4, 0.5) is 4.39 Å². The van der Waals surface area contributed by atoms with Crippen molar-refractivity contribution < 1.29 is 9.18 Å². The third-order valence-corrected chi connectivity index (χ3v) is 2.35. The zero-order valence-corrected chi connectivity index (χ0v) is 8.71. The van der Waals surface area contributed by atoms with Gasteiger partial charge in [-0.2, -0.15) is 0 Å². The largest absolute Gasteiger partial charge is 0.319 e. The first kappa shape index (κ1) is 10.5. The molecule has 1 aromatic carbocycles. The molecule has 0 aliphatic carbocycles. The molecular weight excluding hydrogens is 209 g/mol. The Kier molecular flexibility index (Phi) is 2.56. The highest BCUT2D eigenvalue weighted by molar-refractivity contribution is 5.82. The summed E-state index contributed by atoms with van der Waals surface area (Å²) in [6, 6.07) is 6.09. The quantitative estimate of drug-likeness (QED) is 0.837. The molecule has 0 aliphatic heterocycles. The van der Waals surface area contributed by atoms with E-state index >= 15 is 0 Å². The maximum absolute atomic E-state index is 13.3. The molecule has 0 radical (unpaired) electrons. The lowest BCUT2D eigenvalue weighted by Gasteiger charge is -2.02. The molecule has 3 nitrogen and oxygen atoms in total. The maximum atomic E-state index is 13.3. The van der Waals surface area contributed by atoms with Gasteiger partial charge in [0.05, 0.1) is 5.52 Å². The SMILES string of the molecule is CC(=O)Cc1cc2cccc(F)c2[nH]c1=O. The van der Waals surface area contributed by atoms with E-state index in [1.54, 1.807) is 18.2 Å². The van der Waals surface area contributed by atoms with Crippen LogP contribution in [0.25, 0.3) is 10.9 Å². The molecule has 1 N–H and O–H groups in total. The number of hydrogen-bond acceptors (Lipinski definition) is 2. The van der Waals surface area contributed by atoms with E-state index in [9.17, 15) is 14.0 Å². The minimum absolute atomic E-state index is 0.0712. The maximum Gasteiger partial charge on any atom is 0.252 e. The van der Waals surface area contributed by atoms with Crippen LogP contribution in [-0.2, 0) is 11.2 Å². The van der Waals surface area contributed by atoms with Gasteiger partial charge in [-0.3, -0.25) is 9.59 Å². The van der Waals surface area contributed by atoms with Crippen molar-refractivity contribution in [3.8, 4) is 0 Å². The van der Waals surface area contributed by atoms with E-state index in [2.05, 4.69) is 4.98 Å². The minimum Gasteiger partial charge on any atom is -0.319 e. The number of carbonyl (C=O) groups excluding carboxylic acids is 1. The van der Waals surface area contributed by atoms with E-state index in [4.69, 9.17) is 0 Å². The number of benzene rings is 1. The Hall–Kier alpha value is -1.97. The van der Waals surface area contributed by atoms with Crippen LogP contribution in [-0.4, -0.2) is 10.8 Å². The Morgan fingerprint density at radius 2 is 2.19 bits per heavy atom. The first-order valence-electron chi connectivity index (χ1n) is 4.88. The van der Waals surface area contributed by atoms with Crippen LogP contribution in [0, 0.1) is 5.82 Å².